The lowest BCUT2D eigenvalue weighted by Gasteiger charge is -2.24. The average molecular weight is 404 g/mol. The summed E-state index contributed by atoms with van der Waals surface area (Å²) in [6, 6.07) is 16.8. The largest absolute Gasteiger partial charge is 0.492 e. The van der Waals surface area contributed by atoms with Gasteiger partial charge in [0.05, 0.1) is 17.6 Å². The third kappa shape index (κ3) is 3.69. The molecule has 2 aromatic carbocycles. The minimum atomic E-state index is 0.157. The smallest absolute Gasteiger partial charge is 0.223 e. The van der Waals surface area contributed by atoms with Gasteiger partial charge in [-0.05, 0) is 44.0 Å². The van der Waals surface area contributed by atoms with Gasteiger partial charge in [-0.15, -0.1) is 0 Å². The van der Waals surface area contributed by atoms with Gasteiger partial charge in [-0.25, -0.2) is 4.98 Å². The molecular formula is C25H29N3O2. The first-order valence-electron chi connectivity index (χ1n) is 11.1. The molecule has 30 heavy (non-hydrogen) atoms. The third-order valence-corrected chi connectivity index (χ3v) is 6.58. The quantitative estimate of drug-likeness (QED) is 0.600. The number of nitrogens with zero attached hydrogens (tertiary/aromatic N) is 3. The molecule has 0 radical (unpaired) electrons. The van der Waals surface area contributed by atoms with Crippen molar-refractivity contribution in [3.05, 3.63) is 59.9 Å². The van der Waals surface area contributed by atoms with E-state index in [0.717, 1.165) is 48.5 Å². The highest BCUT2D eigenvalue weighted by molar-refractivity contribution is 5.81. The first-order chi connectivity index (χ1) is 14.7. The number of rotatable bonds is 6. The molecule has 5 heteroatoms. The van der Waals surface area contributed by atoms with Crippen LogP contribution in [0.5, 0.6) is 5.75 Å². The zero-order chi connectivity index (χ0) is 20.5. The number of carbonyl (C=O) groups is 1. The van der Waals surface area contributed by atoms with Crippen molar-refractivity contribution >= 4 is 16.9 Å². The van der Waals surface area contributed by atoms with Crippen LogP contribution in [0.15, 0.2) is 48.5 Å². The van der Waals surface area contributed by atoms with Gasteiger partial charge in [-0.3, -0.25) is 4.79 Å². The highest BCUT2D eigenvalue weighted by Gasteiger charge is 2.38. The van der Waals surface area contributed by atoms with E-state index in [2.05, 4.69) is 46.7 Å². The fraction of sp³-hybridized carbons (Fsp3) is 0.440. The van der Waals surface area contributed by atoms with E-state index >= 15 is 0 Å². The third-order valence-electron chi connectivity index (χ3n) is 6.58. The lowest BCUT2D eigenvalue weighted by molar-refractivity contribution is -0.129. The minimum absolute atomic E-state index is 0.157. The Labute approximate surface area is 177 Å². The van der Waals surface area contributed by atoms with Gasteiger partial charge in [0.1, 0.15) is 18.2 Å². The molecule has 2 aliphatic rings. The number of aryl methyl sites for hydroxylation is 1. The van der Waals surface area contributed by atoms with E-state index in [1.807, 2.05) is 18.2 Å². The van der Waals surface area contributed by atoms with Gasteiger partial charge in [-0.2, -0.15) is 0 Å². The Hall–Kier alpha value is -2.82. The van der Waals surface area contributed by atoms with Crippen LogP contribution in [0, 0.1) is 6.92 Å². The number of benzene rings is 2. The van der Waals surface area contributed by atoms with Crippen LogP contribution in [0.1, 0.15) is 49.4 Å². The van der Waals surface area contributed by atoms with E-state index in [-0.39, 0.29) is 5.92 Å². The van der Waals surface area contributed by atoms with E-state index in [4.69, 9.17) is 9.72 Å². The summed E-state index contributed by atoms with van der Waals surface area (Å²) in [7, 11) is 0. The normalized spacial score (nSPS) is 19.8. The van der Waals surface area contributed by atoms with Gasteiger partial charge in [-0.1, -0.05) is 42.7 Å². The van der Waals surface area contributed by atoms with Crippen molar-refractivity contribution in [3.63, 3.8) is 0 Å². The molecule has 1 saturated heterocycles. The van der Waals surface area contributed by atoms with Crippen molar-refractivity contribution in [2.45, 2.75) is 57.5 Å². The summed E-state index contributed by atoms with van der Waals surface area (Å²) in [5, 5.41) is 0. The molecule has 0 bridgehead atoms. The summed E-state index contributed by atoms with van der Waals surface area (Å²) in [5.41, 5.74) is 3.34. The van der Waals surface area contributed by atoms with Crippen LogP contribution in [-0.4, -0.2) is 39.6 Å². The summed E-state index contributed by atoms with van der Waals surface area (Å²) in [5.74, 6) is 2.36. The molecule has 2 heterocycles. The number of aromatic nitrogens is 2. The van der Waals surface area contributed by atoms with Crippen LogP contribution in [0.4, 0.5) is 0 Å². The van der Waals surface area contributed by atoms with Gasteiger partial charge in [0.2, 0.25) is 5.91 Å². The predicted molar refractivity (Wildman–Crippen MR) is 118 cm³/mol. The Kier molecular flexibility index (Phi) is 5.19. The molecule has 1 amide bonds. The van der Waals surface area contributed by atoms with E-state index < -0.39 is 0 Å². The number of fused-ring (bicyclic) bond motifs is 1. The first kappa shape index (κ1) is 19.2. The van der Waals surface area contributed by atoms with Gasteiger partial charge in [0, 0.05) is 24.9 Å². The number of para-hydroxylation sites is 2. The Morgan fingerprint density at radius 1 is 1.07 bits per heavy atom. The lowest BCUT2D eigenvalue weighted by atomic mass is 10.1. The molecule has 3 aromatic rings. The fourth-order valence-corrected chi connectivity index (χ4v) is 5.00. The van der Waals surface area contributed by atoms with Crippen LogP contribution < -0.4 is 4.74 Å². The summed E-state index contributed by atoms with van der Waals surface area (Å²) >= 11 is 0. The van der Waals surface area contributed by atoms with E-state index in [9.17, 15) is 4.79 Å². The van der Waals surface area contributed by atoms with Crippen molar-refractivity contribution < 1.29 is 9.53 Å². The molecule has 1 aliphatic carbocycles. The van der Waals surface area contributed by atoms with Crippen molar-refractivity contribution in [1.29, 1.82) is 0 Å². The van der Waals surface area contributed by atoms with Crippen LogP contribution in [0.3, 0.4) is 0 Å². The maximum absolute atomic E-state index is 12.8. The van der Waals surface area contributed by atoms with Crippen molar-refractivity contribution in [2.24, 2.45) is 0 Å². The maximum atomic E-state index is 12.8. The number of carbonyl (C=O) groups excluding carboxylic acids is 1. The van der Waals surface area contributed by atoms with Crippen LogP contribution in [0.25, 0.3) is 11.0 Å². The number of hydrogen-bond donors (Lipinski definition) is 0. The van der Waals surface area contributed by atoms with Gasteiger partial charge >= 0.3 is 0 Å². The van der Waals surface area contributed by atoms with Crippen molar-refractivity contribution in [1.82, 2.24) is 14.5 Å². The molecule has 1 atom stereocenters. The molecule has 0 N–H and O–H groups in total. The van der Waals surface area contributed by atoms with Crippen molar-refractivity contribution in [3.8, 4) is 5.75 Å². The second-order valence-corrected chi connectivity index (χ2v) is 8.66. The first-order valence-corrected chi connectivity index (χ1v) is 11.1. The zero-order valence-corrected chi connectivity index (χ0v) is 17.6. The van der Waals surface area contributed by atoms with Crippen LogP contribution >= 0.6 is 0 Å². The standard InChI is InChI=1S/C25H29N3O2/c1-18-10-12-21(13-11-18)30-15-14-27-23-9-5-4-8-22(23)26-25(27)19-16-24(29)28(17-19)20-6-2-3-7-20/h4-5,8-13,19-20H,2-3,6-7,14-17H2,1H3. The molecule has 1 unspecified atom stereocenters. The van der Waals surface area contributed by atoms with Crippen LogP contribution in [-0.2, 0) is 11.3 Å². The summed E-state index contributed by atoms with van der Waals surface area (Å²) in [6.07, 6.45) is 5.36. The van der Waals surface area contributed by atoms with Crippen LogP contribution in [0.2, 0.25) is 0 Å². The molecule has 0 spiro atoms. The minimum Gasteiger partial charge on any atom is -0.492 e. The van der Waals surface area contributed by atoms with Crippen molar-refractivity contribution in [2.75, 3.05) is 13.2 Å². The fourth-order valence-electron chi connectivity index (χ4n) is 5.00. The number of ether oxygens (including phenoxy) is 1. The molecule has 1 aliphatic heterocycles. The Balaban J connectivity index is 1.37. The monoisotopic (exact) mass is 403 g/mol. The second kappa shape index (κ2) is 8.13. The topological polar surface area (TPSA) is 47.4 Å². The van der Waals surface area contributed by atoms with Gasteiger partial charge in [0.15, 0.2) is 0 Å². The highest BCUT2D eigenvalue weighted by Crippen LogP contribution is 2.35. The van der Waals surface area contributed by atoms with E-state index in [1.165, 1.54) is 18.4 Å². The average Bonchev–Trinajstić information content (AvgIpc) is 3.48. The molecular weight excluding hydrogens is 374 g/mol. The number of hydrogen-bond acceptors (Lipinski definition) is 3. The Morgan fingerprint density at radius 3 is 2.63 bits per heavy atom. The highest BCUT2D eigenvalue weighted by atomic mass is 16.5. The zero-order valence-electron chi connectivity index (χ0n) is 17.6. The molecule has 1 aromatic heterocycles. The number of amides is 1. The molecule has 5 nitrogen and oxygen atoms in total. The van der Waals surface area contributed by atoms with Gasteiger partial charge in [0.25, 0.3) is 0 Å². The van der Waals surface area contributed by atoms with Gasteiger partial charge < -0.3 is 14.2 Å². The molecule has 156 valence electrons. The lowest BCUT2D eigenvalue weighted by Crippen LogP contribution is -2.34. The predicted octanol–water partition coefficient (Wildman–Crippen LogP) is 4.68. The summed E-state index contributed by atoms with van der Waals surface area (Å²) in [4.78, 5) is 19.8. The number of likely N-dealkylation sites (tertiary alicyclic amines) is 1. The summed E-state index contributed by atoms with van der Waals surface area (Å²) < 4.78 is 8.26. The molecule has 1 saturated carbocycles. The maximum Gasteiger partial charge on any atom is 0.223 e. The Morgan fingerprint density at radius 2 is 1.83 bits per heavy atom. The number of imidazole rings is 1. The summed E-state index contributed by atoms with van der Waals surface area (Å²) in [6.45, 7) is 4.17. The second-order valence-electron chi connectivity index (χ2n) is 8.66. The molecule has 5 rings (SSSR count). The van der Waals surface area contributed by atoms with E-state index in [1.54, 1.807) is 0 Å². The Bertz CT molecular complexity index is 1030. The molecule has 2 fully saturated rings. The van der Waals surface area contributed by atoms with E-state index in [0.29, 0.717) is 25.0 Å². The SMILES string of the molecule is Cc1ccc(OCCn2c(C3CC(=O)N(C4CCCC4)C3)nc3ccccc32)cc1.